The van der Waals surface area contributed by atoms with Crippen molar-refractivity contribution in [2.24, 2.45) is 0 Å². The molecule has 0 spiro atoms. The van der Waals surface area contributed by atoms with Crippen molar-refractivity contribution < 1.29 is 14.4 Å². The standard InChI is InChI=1S/C30H28N2O4/c33-32(34)26-13-11-22(12-14-26)17-28-27-19-30(36-21-24-9-5-2-6-10-24)29(18-25(27)15-16-31-28)35-20-23-7-3-1-4-8-23/h1-14,18-19,28,31H,15-17,20-21H2. The molecule has 1 aliphatic rings. The topological polar surface area (TPSA) is 73.6 Å². The first-order valence-corrected chi connectivity index (χ1v) is 12.1. The van der Waals surface area contributed by atoms with Gasteiger partial charge in [-0.15, -0.1) is 0 Å². The number of nitrogens with zero attached hydrogens (tertiary/aromatic N) is 1. The van der Waals surface area contributed by atoms with Gasteiger partial charge in [-0.3, -0.25) is 10.1 Å². The van der Waals surface area contributed by atoms with Crippen molar-refractivity contribution in [2.75, 3.05) is 6.54 Å². The Kier molecular flexibility index (Phi) is 7.24. The minimum atomic E-state index is -0.370. The Balaban J connectivity index is 1.41. The second-order valence-electron chi connectivity index (χ2n) is 8.93. The fourth-order valence-corrected chi connectivity index (χ4v) is 4.52. The zero-order valence-electron chi connectivity index (χ0n) is 19.9. The fraction of sp³-hybridized carbons (Fsp3) is 0.200. The number of nitrogens with one attached hydrogen (secondary N) is 1. The number of hydrogen-bond donors (Lipinski definition) is 1. The maximum Gasteiger partial charge on any atom is 0.269 e. The Morgan fingerprint density at radius 3 is 1.94 bits per heavy atom. The van der Waals surface area contributed by atoms with E-state index in [0.29, 0.717) is 19.0 Å². The van der Waals surface area contributed by atoms with Gasteiger partial charge < -0.3 is 14.8 Å². The number of non-ortho nitro benzene ring substituents is 1. The second kappa shape index (κ2) is 11.1. The van der Waals surface area contributed by atoms with E-state index in [-0.39, 0.29) is 16.7 Å². The first kappa shape index (κ1) is 23.6. The summed E-state index contributed by atoms with van der Waals surface area (Å²) in [6.07, 6.45) is 1.63. The minimum Gasteiger partial charge on any atom is -0.485 e. The van der Waals surface area contributed by atoms with Crippen molar-refractivity contribution in [3.05, 3.63) is 135 Å². The van der Waals surface area contributed by atoms with Gasteiger partial charge in [-0.1, -0.05) is 72.8 Å². The number of hydrogen-bond acceptors (Lipinski definition) is 5. The van der Waals surface area contributed by atoms with Crippen molar-refractivity contribution >= 4 is 5.69 Å². The number of rotatable bonds is 9. The predicted octanol–water partition coefficient (Wildman–Crippen LogP) is 6.18. The Labute approximate surface area is 210 Å². The minimum absolute atomic E-state index is 0.0810. The van der Waals surface area contributed by atoms with E-state index in [4.69, 9.17) is 9.47 Å². The molecule has 4 aromatic carbocycles. The van der Waals surface area contributed by atoms with Crippen LogP contribution in [-0.4, -0.2) is 11.5 Å². The molecule has 0 fully saturated rings. The van der Waals surface area contributed by atoms with Crippen LogP contribution in [0.5, 0.6) is 11.5 Å². The Bertz CT molecular complexity index is 1310. The van der Waals surface area contributed by atoms with Crippen LogP contribution >= 0.6 is 0 Å². The highest BCUT2D eigenvalue weighted by Crippen LogP contribution is 2.37. The summed E-state index contributed by atoms with van der Waals surface area (Å²) in [5.41, 5.74) is 5.74. The third-order valence-electron chi connectivity index (χ3n) is 6.43. The molecule has 1 aliphatic heterocycles. The average Bonchev–Trinajstić information content (AvgIpc) is 2.92. The number of fused-ring (bicyclic) bond motifs is 1. The van der Waals surface area contributed by atoms with Gasteiger partial charge in [0.1, 0.15) is 13.2 Å². The summed E-state index contributed by atoms with van der Waals surface area (Å²) in [5.74, 6) is 1.45. The molecular formula is C30H28N2O4. The molecule has 0 aliphatic carbocycles. The molecule has 36 heavy (non-hydrogen) atoms. The molecule has 1 N–H and O–H groups in total. The van der Waals surface area contributed by atoms with Crippen molar-refractivity contribution in [3.63, 3.8) is 0 Å². The van der Waals surface area contributed by atoms with E-state index < -0.39 is 0 Å². The summed E-state index contributed by atoms with van der Waals surface area (Å²) in [6, 6.07) is 31.3. The van der Waals surface area contributed by atoms with E-state index in [1.54, 1.807) is 12.1 Å². The molecule has 182 valence electrons. The molecule has 1 unspecified atom stereocenters. The maximum absolute atomic E-state index is 11.0. The van der Waals surface area contributed by atoms with Crippen LogP contribution in [-0.2, 0) is 26.1 Å². The Morgan fingerprint density at radius 1 is 0.778 bits per heavy atom. The zero-order chi connectivity index (χ0) is 24.7. The van der Waals surface area contributed by atoms with Gasteiger partial charge in [-0.2, -0.15) is 0 Å². The van der Waals surface area contributed by atoms with Crippen LogP contribution in [0.15, 0.2) is 97.1 Å². The molecule has 1 atom stereocenters. The summed E-state index contributed by atoms with van der Waals surface area (Å²) in [4.78, 5) is 10.6. The van der Waals surface area contributed by atoms with Gasteiger partial charge in [-0.25, -0.2) is 0 Å². The van der Waals surface area contributed by atoms with Crippen molar-refractivity contribution in [1.29, 1.82) is 0 Å². The van der Waals surface area contributed by atoms with Gasteiger partial charge in [0.25, 0.3) is 5.69 Å². The van der Waals surface area contributed by atoms with Gasteiger partial charge in [0.05, 0.1) is 4.92 Å². The normalized spacial score (nSPS) is 14.6. The number of nitro benzene ring substituents is 1. The van der Waals surface area contributed by atoms with Gasteiger partial charge in [0, 0.05) is 18.2 Å². The third kappa shape index (κ3) is 5.73. The van der Waals surface area contributed by atoms with E-state index >= 15 is 0 Å². The van der Waals surface area contributed by atoms with Crippen molar-refractivity contribution in [2.45, 2.75) is 32.1 Å². The lowest BCUT2D eigenvalue weighted by Crippen LogP contribution is -2.31. The van der Waals surface area contributed by atoms with Crippen LogP contribution in [0.2, 0.25) is 0 Å². The Hall–Kier alpha value is -4.16. The zero-order valence-corrected chi connectivity index (χ0v) is 19.9. The number of benzene rings is 4. The highest BCUT2D eigenvalue weighted by atomic mass is 16.6. The molecule has 0 bridgehead atoms. The predicted molar refractivity (Wildman–Crippen MR) is 139 cm³/mol. The van der Waals surface area contributed by atoms with Gasteiger partial charge in [-0.05, 0) is 59.3 Å². The summed E-state index contributed by atoms with van der Waals surface area (Å²) < 4.78 is 12.5. The van der Waals surface area contributed by atoms with E-state index in [1.807, 2.05) is 72.8 Å². The van der Waals surface area contributed by atoms with Crippen molar-refractivity contribution in [1.82, 2.24) is 5.32 Å². The maximum atomic E-state index is 11.0. The van der Waals surface area contributed by atoms with Crippen LogP contribution in [0.4, 0.5) is 5.69 Å². The van der Waals surface area contributed by atoms with E-state index in [0.717, 1.165) is 41.8 Å². The number of ether oxygens (including phenoxy) is 2. The van der Waals surface area contributed by atoms with Crippen LogP contribution < -0.4 is 14.8 Å². The molecule has 4 aromatic rings. The quantitative estimate of drug-likeness (QED) is 0.229. The lowest BCUT2D eigenvalue weighted by Gasteiger charge is -2.29. The smallest absolute Gasteiger partial charge is 0.269 e. The highest BCUT2D eigenvalue weighted by molar-refractivity contribution is 5.50. The fourth-order valence-electron chi connectivity index (χ4n) is 4.52. The largest absolute Gasteiger partial charge is 0.485 e. The van der Waals surface area contributed by atoms with E-state index in [2.05, 4.69) is 17.4 Å². The first-order chi connectivity index (χ1) is 17.7. The van der Waals surface area contributed by atoms with Gasteiger partial charge in [0.15, 0.2) is 11.5 Å². The molecular weight excluding hydrogens is 452 g/mol. The number of nitro groups is 1. The van der Waals surface area contributed by atoms with Gasteiger partial charge >= 0.3 is 0 Å². The lowest BCUT2D eigenvalue weighted by molar-refractivity contribution is -0.384. The van der Waals surface area contributed by atoms with Crippen LogP contribution in [0.25, 0.3) is 0 Å². The third-order valence-corrected chi connectivity index (χ3v) is 6.43. The van der Waals surface area contributed by atoms with Crippen LogP contribution in [0.3, 0.4) is 0 Å². The average molecular weight is 481 g/mol. The summed E-state index contributed by atoms with van der Waals surface area (Å²) in [5, 5.41) is 14.6. The SMILES string of the molecule is O=[N+]([O-])c1ccc(CC2NCCc3cc(OCc4ccccc4)c(OCc4ccccc4)cc32)cc1. The van der Waals surface area contributed by atoms with Crippen LogP contribution in [0.1, 0.15) is 33.9 Å². The summed E-state index contributed by atoms with van der Waals surface area (Å²) in [7, 11) is 0. The molecule has 1 heterocycles. The molecule has 0 saturated heterocycles. The molecule has 6 heteroatoms. The Morgan fingerprint density at radius 2 is 1.36 bits per heavy atom. The second-order valence-corrected chi connectivity index (χ2v) is 8.93. The van der Waals surface area contributed by atoms with Gasteiger partial charge in [0.2, 0.25) is 0 Å². The van der Waals surface area contributed by atoms with E-state index in [9.17, 15) is 10.1 Å². The summed E-state index contributed by atoms with van der Waals surface area (Å²) >= 11 is 0. The summed E-state index contributed by atoms with van der Waals surface area (Å²) in [6.45, 7) is 1.76. The van der Waals surface area contributed by atoms with Crippen LogP contribution in [0, 0.1) is 10.1 Å². The van der Waals surface area contributed by atoms with E-state index in [1.165, 1.54) is 11.1 Å². The molecule has 6 nitrogen and oxygen atoms in total. The first-order valence-electron chi connectivity index (χ1n) is 12.1. The lowest BCUT2D eigenvalue weighted by atomic mass is 9.90. The molecule has 0 saturated carbocycles. The molecule has 5 rings (SSSR count). The van der Waals surface area contributed by atoms with Crippen molar-refractivity contribution in [3.8, 4) is 11.5 Å². The molecule has 0 aromatic heterocycles. The molecule has 0 radical (unpaired) electrons. The highest BCUT2D eigenvalue weighted by Gasteiger charge is 2.23. The monoisotopic (exact) mass is 480 g/mol. The molecule has 0 amide bonds.